The second-order valence-corrected chi connectivity index (χ2v) is 25.8. The highest BCUT2D eigenvalue weighted by molar-refractivity contribution is 7.26. The fraction of sp³-hybridized carbons (Fsp3) is 0.286. The third-order valence-corrected chi connectivity index (χ3v) is 19.3. The van der Waals surface area contributed by atoms with Gasteiger partial charge < -0.3 is 9.71 Å². The third-order valence-electron chi connectivity index (χ3n) is 18.2. The van der Waals surface area contributed by atoms with E-state index in [0.29, 0.717) is 0 Å². The summed E-state index contributed by atoms with van der Waals surface area (Å²) in [5.74, 6) is 0. The van der Waals surface area contributed by atoms with Crippen LogP contribution in [-0.2, 0) is 28.1 Å². The predicted molar refractivity (Wildman–Crippen MR) is 321 cm³/mol. The second kappa shape index (κ2) is 17.2. The highest BCUT2D eigenvalue weighted by atomic mass is 32.1. The molecule has 0 fully saturated rings. The van der Waals surface area contributed by atoms with Crippen molar-refractivity contribution in [3.8, 4) is 44.5 Å². The number of anilines is 5. The van der Waals surface area contributed by atoms with Crippen LogP contribution in [-0.4, -0.2) is 6.85 Å². The van der Waals surface area contributed by atoms with E-state index in [1.54, 1.807) is 0 Å². The van der Waals surface area contributed by atoms with E-state index in [9.17, 15) is 0 Å². The molecule has 1 aromatic heterocycles. The number of benzene rings is 8. The maximum atomic E-state index is 2.81. The molecule has 2 aliphatic carbocycles. The summed E-state index contributed by atoms with van der Waals surface area (Å²) in [6.07, 6.45) is 8.11. The maximum Gasteiger partial charge on any atom is 0.334 e. The van der Waals surface area contributed by atoms with Gasteiger partial charge in [0.05, 0.1) is 10.7 Å². The van der Waals surface area contributed by atoms with Gasteiger partial charge in [0.1, 0.15) is 0 Å². The first kappa shape index (κ1) is 47.1. The molecule has 0 bridgehead atoms. The van der Waals surface area contributed by atoms with Crippen LogP contribution in [0.4, 0.5) is 27.8 Å². The summed E-state index contributed by atoms with van der Waals surface area (Å²) in [4.78, 5) is 5.51. The molecular formula is C70H69BN2S. The molecule has 0 radical (unpaired) electrons. The van der Waals surface area contributed by atoms with E-state index in [1.807, 2.05) is 11.3 Å². The Morgan fingerprint density at radius 1 is 0.446 bits per heavy atom. The number of nitrogens with zero attached hydrogens (tertiary/aromatic N) is 2. The minimum absolute atomic E-state index is 0.0348. The van der Waals surface area contributed by atoms with Crippen LogP contribution in [0.2, 0.25) is 0 Å². The molecule has 0 saturated heterocycles. The maximum absolute atomic E-state index is 2.81. The minimum atomic E-state index is -0.112. The second-order valence-electron chi connectivity index (χ2n) is 24.8. The van der Waals surface area contributed by atoms with Gasteiger partial charge in [0.2, 0.25) is 0 Å². The van der Waals surface area contributed by atoms with Crippen LogP contribution < -0.4 is 20.6 Å². The average molecular weight is 981 g/mol. The van der Waals surface area contributed by atoms with Crippen molar-refractivity contribution < 1.29 is 0 Å². The van der Waals surface area contributed by atoms with Gasteiger partial charge in [-0.2, -0.15) is 0 Å². The van der Waals surface area contributed by atoms with Crippen molar-refractivity contribution in [2.24, 2.45) is 0 Å². The van der Waals surface area contributed by atoms with Gasteiger partial charge in [-0.3, -0.25) is 0 Å². The molecular weight excluding hydrogens is 912 g/mol. The Bertz CT molecular complexity index is 3670. The summed E-state index contributed by atoms with van der Waals surface area (Å²) in [5.41, 5.74) is 25.5. The lowest BCUT2D eigenvalue weighted by Gasteiger charge is -2.47. The van der Waals surface area contributed by atoms with Crippen LogP contribution >= 0.6 is 11.3 Å². The quantitative estimate of drug-likeness (QED) is 0.140. The lowest BCUT2D eigenvalue weighted by Crippen LogP contribution is -2.61. The van der Waals surface area contributed by atoms with Gasteiger partial charge in [-0.25, -0.2) is 0 Å². The van der Waals surface area contributed by atoms with Crippen molar-refractivity contribution in [1.29, 1.82) is 0 Å². The van der Waals surface area contributed by atoms with Crippen molar-refractivity contribution in [1.82, 2.24) is 0 Å². The fourth-order valence-corrected chi connectivity index (χ4v) is 14.9. The van der Waals surface area contributed by atoms with Crippen LogP contribution in [0.1, 0.15) is 129 Å². The first-order valence-corrected chi connectivity index (χ1v) is 28.4. The Morgan fingerprint density at radius 2 is 1.01 bits per heavy atom. The van der Waals surface area contributed by atoms with Gasteiger partial charge in [0, 0.05) is 32.9 Å². The largest absolute Gasteiger partial charge is 0.376 e. The molecule has 9 aromatic rings. The van der Waals surface area contributed by atoms with E-state index in [4.69, 9.17) is 0 Å². The smallest absolute Gasteiger partial charge is 0.334 e. The highest BCUT2D eigenvalue weighted by Crippen LogP contribution is 2.56. The average Bonchev–Trinajstić information content (AvgIpc) is 3.80. The number of hydrogen-bond donors (Lipinski definition) is 0. The van der Waals surface area contributed by atoms with E-state index >= 15 is 0 Å². The number of fused-ring (bicyclic) bond motifs is 8. The molecule has 74 heavy (non-hydrogen) atoms. The Hall–Kier alpha value is -6.62. The zero-order valence-corrected chi connectivity index (χ0v) is 45.8. The van der Waals surface area contributed by atoms with E-state index in [1.165, 1.54) is 153 Å². The Morgan fingerprint density at radius 3 is 1.64 bits per heavy atom. The summed E-state index contributed by atoms with van der Waals surface area (Å²) in [7, 11) is 0. The molecule has 3 heterocycles. The SMILES string of the molecule is CCCCc1ccc(N2c3cccc4c3B(c3c2sc2cc5c(cc32)C(C)(C)CCC5(C)C)N(c2ccc3c(c2)C(C)(C)CCC3(C)C)c2cc(-c3ccccc3)c(-c3ccccc3)cc2-4)c(-c2ccccc2)c1. The normalized spacial score (nSPS) is 17.3. The summed E-state index contributed by atoms with van der Waals surface area (Å²) in [5, 5.41) is 2.71. The van der Waals surface area contributed by atoms with Crippen molar-refractivity contribution in [3.05, 3.63) is 198 Å². The summed E-state index contributed by atoms with van der Waals surface area (Å²) < 4.78 is 1.38. The van der Waals surface area contributed by atoms with Gasteiger partial charge in [0.25, 0.3) is 0 Å². The van der Waals surface area contributed by atoms with Crippen molar-refractivity contribution in [3.63, 3.8) is 0 Å². The molecule has 368 valence electrons. The summed E-state index contributed by atoms with van der Waals surface area (Å²) in [6.45, 7) is 22.0. The van der Waals surface area contributed by atoms with Crippen molar-refractivity contribution >= 4 is 66.9 Å². The van der Waals surface area contributed by atoms with Crippen LogP contribution in [0.15, 0.2) is 170 Å². The van der Waals surface area contributed by atoms with Gasteiger partial charge in [-0.15, -0.1) is 11.3 Å². The Labute approximate surface area is 445 Å². The van der Waals surface area contributed by atoms with Gasteiger partial charge in [-0.1, -0.05) is 184 Å². The van der Waals surface area contributed by atoms with E-state index in [2.05, 4.69) is 242 Å². The van der Waals surface area contributed by atoms with E-state index in [0.717, 1.165) is 12.8 Å². The lowest BCUT2D eigenvalue weighted by atomic mass is 9.43. The van der Waals surface area contributed by atoms with Crippen LogP contribution in [0.3, 0.4) is 0 Å². The molecule has 0 amide bonds. The number of rotatable bonds is 8. The first-order valence-electron chi connectivity index (χ1n) is 27.6. The Kier molecular flexibility index (Phi) is 11.0. The molecule has 0 spiro atoms. The molecule has 8 aromatic carbocycles. The lowest BCUT2D eigenvalue weighted by molar-refractivity contribution is 0.332. The van der Waals surface area contributed by atoms with Crippen LogP contribution in [0.5, 0.6) is 0 Å². The molecule has 0 unspecified atom stereocenters. The van der Waals surface area contributed by atoms with E-state index < -0.39 is 0 Å². The number of unbranched alkanes of at least 4 members (excludes halogenated alkanes) is 1. The van der Waals surface area contributed by atoms with Crippen molar-refractivity contribution in [2.75, 3.05) is 9.71 Å². The topological polar surface area (TPSA) is 6.48 Å². The van der Waals surface area contributed by atoms with Gasteiger partial charge in [-0.05, 0) is 192 Å². The molecule has 4 aliphatic rings. The monoisotopic (exact) mass is 981 g/mol. The zero-order valence-electron chi connectivity index (χ0n) is 45.0. The molecule has 2 aliphatic heterocycles. The standard InChI is InChI=1S/C70H69BN2S/c1-10-11-22-45-31-34-60(53(39-45)48-27-19-14-20-28-48)72-61-30-21-29-50-54-41-51(46-23-15-12-16-24-46)52(47-25-17-13-18-26-47)43-62(54)73(49-32-33-56-57(40-49)68(4,5)36-35-67(56,2)3)71(64(50)61)65-55-42-58-59(44-63(55)74-66(65)72)70(8,9)38-37-69(58,6)7/h12-21,23-34,39-44H,10-11,22,35-38H2,1-9H3. The molecule has 0 N–H and O–H groups in total. The van der Waals surface area contributed by atoms with E-state index in [-0.39, 0.29) is 28.5 Å². The van der Waals surface area contributed by atoms with Gasteiger partial charge >= 0.3 is 6.85 Å². The highest BCUT2D eigenvalue weighted by Gasteiger charge is 2.49. The van der Waals surface area contributed by atoms with Crippen LogP contribution in [0.25, 0.3) is 54.6 Å². The molecule has 0 saturated carbocycles. The number of hydrogen-bond acceptors (Lipinski definition) is 3. The number of aryl methyl sites for hydroxylation is 1. The molecule has 13 rings (SSSR count). The van der Waals surface area contributed by atoms with Crippen LogP contribution in [0, 0.1) is 0 Å². The van der Waals surface area contributed by atoms with Crippen molar-refractivity contribution in [2.45, 2.75) is 129 Å². The minimum Gasteiger partial charge on any atom is -0.376 e. The Balaban J connectivity index is 1.18. The first-order chi connectivity index (χ1) is 35.6. The molecule has 2 nitrogen and oxygen atoms in total. The zero-order chi connectivity index (χ0) is 50.9. The summed E-state index contributed by atoms with van der Waals surface area (Å²) >= 11 is 2.01. The molecule has 4 heteroatoms. The summed E-state index contributed by atoms with van der Waals surface area (Å²) in [6, 6.07) is 66.0. The third kappa shape index (κ3) is 7.40. The number of thiophene rings is 1. The molecule has 0 atom stereocenters. The predicted octanol–water partition coefficient (Wildman–Crippen LogP) is 18.7. The fourth-order valence-electron chi connectivity index (χ4n) is 13.6. The van der Waals surface area contributed by atoms with Gasteiger partial charge in [0.15, 0.2) is 0 Å².